The lowest BCUT2D eigenvalue weighted by Crippen LogP contribution is -2.66. The molecule has 0 radical (unpaired) electrons. The smallest absolute Gasteiger partial charge is 0.244 e. The van der Waals surface area contributed by atoms with Crippen LogP contribution in [0.25, 0.3) is 0 Å². The summed E-state index contributed by atoms with van der Waals surface area (Å²) in [6.45, 7) is 3.47. The minimum atomic E-state index is -0.560. The van der Waals surface area contributed by atoms with E-state index in [9.17, 15) is 9.59 Å². The van der Waals surface area contributed by atoms with Crippen molar-refractivity contribution < 1.29 is 9.59 Å². The Hall–Kier alpha value is -3.17. The summed E-state index contributed by atoms with van der Waals surface area (Å²) in [4.78, 5) is 34.9. The SMILES string of the molecule is C[C@H]1CN(C)C2(CCCC2)C(=O)N1CC#Cc1ccc2c(c1)C[C@@]1(C2)C(=O)Nc2ncccc21. The highest BCUT2D eigenvalue weighted by molar-refractivity contribution is 6.06. The molecule has 2 aromatic rings. The Bertz CT molecular complexity index is 1250. The molecule has 2 atom stereocenters. The molecule has 6 nitrogen and oxygen atoms in total. The van der Waals surface area contributed by atoms with E-state index in [1.54, 1.807) is 6.20 Å². The number of carbonyl (C=O) groups is 2. The number of likely N-dealkylation sites (N-methyl/N-ethyl adjacent to an activating group) is 1. The highest BCUT2D eigenvalue weighted by Gasteiger charge is 2.52. The standard InChI is InChI=1S/C28H30N4O2/c1-19-18-31(2)28(11-3-4-12-28)26(34)32(19)14-6-7-20-9-10-21-16-27(17-22(21)15-20)23-8-5-13-29-24(23)30-25(27)33/h5,8-10,13,15,19H,3-4,11-12,14,16-18H2,1-2H3,(H,29,30,33)/t19-,27+/m0/s1. The first-order chi connectivity index (χ1) is 16.4. The molecule has 1 saturated carbocycles. The van der Waals surface area contributed by atoms with Crippen LogP contribution in [-0.2, 0) is 27.8 Å². The van der Waals surface area contributed by atoms with Gasteiger partial charge in [0.2, 0.25) is 11.8 Å². The summed E-state index contributed by atoms with van der Waals surface area (Å²) in [5, 5.41) is 2.96. The van der Waals surface area contributed by atoms with Crippen LogP contribution in [0.5, 0.6) is 0 Å². The zero-order chi connectivity index (χ0) is 23.5. The minimum absolute atomic E-state index is 0.0356. The number of carbonyl (C=O) groups excluding carboxylic acids is 2. The van der Waals surface area contributed by atoms with Gasteiger partial charge in [-0.3, -0.25) is 14.5 Å². The molecule has 1 aromatic heterocycles. The van der Waals surface area contributed by atoms with Gasteiger partial charge in [-0.15, -0.1) is 0 Å². The van der Waals surface area contributed by atoms with Crippen LogP contribution >= 0.6 is 0 Å². The Morgan fingerprint density at radius 1 is 1.15 bits per heavy atom. The summed E-state index contributed by atoms with van der Waals surface area (Å²) < 4.78 is 0. The zero-order valence-electron chi connectivity index (χ0n) is 19.9. The summed E-state index contributed by atoms with van der Waals surface area (Å²) in [5.41, 5.74) is 3.42. The summed E-state index contributed by atoms with van der Waals surface area (Å²) in [6, 6.07) is 10.3. The Morgan fingerprint density at radius 2 is 1.94 bits per heavy atom. The maximum Gasteiger partial charge on any atom is 0.244 e. The number of hydrogen-bond acceptors (Lipinski definition) is 4. The molecule has 2 fully saturated rings. The van der Waals surface area contributed by atoms with E-state index in [0.717, 1.165) is 43.4 Å². The number of nitrogens with zero attached hydrogens (tertiary/aromatic N) is 3. The largest absolute Gasteiger partial charge is 0.326 e. The molecule has 174 valence electrons. The van der Waals surface area contributed by atoms with Crippen molar-refractivity contribution in [1.29, 1.82) is 0 Å². The third kappa shape index (κ3) is 3.03. The van der Waals surface area contributed by atoms with Crippen molar-refractivity contribution in [2.24, 2.45) is 0 Å². The number of rotatable bonds is 1. The molecule has 6 rings (SSSR count). The lowest BCUT2D eigenvalue weighted by Gasteiger charge is -2.49. The number of fused-ring (bicyclic) bond motifs is 3. The lowest BCUT2D eigenvalue weighted by molar-refractivity contribution is -0.152. The average Bonchev–Trinajstić information content (AvgIpc) is 3.53. The van der Waals surface area contributed by atoms with Gasteiger partial charge < -0.3 is 10.2 Å². The molecule has 2 aliphatic carbocycles. The van der Waals surface area contributed by atoms with Crippen molar-refractivity contribution in [3.63, 3.8) is 0 Å². The first-order valence-corrected chi connectivity index (χ1v) is 12.3. The van der Waals surface area contributed by atoms with Crippen LogP contribution in [-0.4, -0.2) is 58.3 Å². The summed E-state index contributed by atoms with van der Waals surface area (Å²) in [5.74, 6) is 7.54. The van der Waals surface area contributed by atoms with Gasteiger partial charge in [0.15, 0.2) is 0 Å². The molecule has 2 spiro atoms. The van der Waals surface area contributed by atoms with E-state index in [1.165, 1.54) is 11.1 Å². The Morgan fingerprint density at radius 3 is 2.76 bits per heavy atom. The van der Waals surface area contributed by atoms with E-state index in [4.69, 9.17) is 0 Å². The first kappa shape index (κ1) is 21.4. The fraction of sp³-hybridized carbons (Fsp3) is 0.464. The van der Waals surface area contributed by atoms with Crippen LogP contribution in [0, 0.1) is 11.8 Å². The van der Waals surface area contributed by atoms with Crippen LogP contribution in [0.2, 0.25) is 0 Å². The topological polar surface area (TPSA) is 65.5 Å². The van der Waals surface area contributed by atoms with Crippen molar-refractivity contribution in [2.45, 2.75) is 62.4 Å². The first-order valence-electron chi connectivity index (χ1n) is 12.3. The van der Waals surface area contributed by atoms with Gasteiger partial charge in [0, 0.05) is 29.9 Å². The van der Waals surface area contributed by atoms with E-state index in [-0.39, 0.29) is 23.4 Å². The van der Waals surface area contributed by atoms with Crippen molar-refractivity contribution >= 4 is 17.6 Å². The van der Waals surface area contributed by atoms with Crippen molar-refractivity contribution in [1.82, 2.24) is 14.8 Å². The van der Waals surface area contributed by atoms with Crippen LogP contribution in [0.1, 0.15) is 54.9 Å². The van der Waals surface area contributed by atoms with E-state index < -0.39 is 5.41 Å². The molecule has 1 N–H and O–H groups in total. The molecule has 2 aliphatic heterocycles. The second-order valence-corrected chi connectivity index (χ2v) is 10.5. The van der Waals surface area contributed by atoms with Gasteiger partial charge in [0.25, 0.3) is 0 Å². The molecule has 1 aromatic carbocycles. The number of pyridine rings is 1. The molecule has 4 aliphatic rings. The van der Waals surface area contributed by atoms with Gasteiger partial charge in [-0.05, 0) is 69.0 Å². The number of piperazine rings is 1. The molecule has 0 bridgehead atoms. The number of aromatic nitrogens is 1. The van der Waals surface area contributed by atoms with E-state index in [2.05, 4.69) is 53.1 Å². The predicted molar refractivity (Wildman–Crippen MR) is 130 cm³/mol. The van der Waals surface area contributed by atoms with Crippen molar-refractivity contribution in [3.8, 4) is 11.8 Å². The lowest BCUT2D eigenvalue weighted by atomic mass is 9.79. The highest BCUT2D eigenvalue weighted by atomic mass is 16.2. The van der Waals surface area contributed by atoms with Gasteiger partial charge in [-0.25, -0.2) is 4.98 Å². The number of amides is 2. The van der Waals surface area contributed by atoms with E-state index >= 15 is 0 Å². The average molecular weight is 455 g/mol. The highest BCUT2D eigenvalue weighted by Crippen LogP contribution is 2.46. The fourth-order valence-electron chi connectivity index (χ4n) is 6.66. The molecule has 3 heterocycles. The molecule has 1 saturated heterocycles. The second-order valence-electron chi connectivity index (χ2n) is 10.5. The predicted octanol–water partition coefficient (Wildman–Crippen LogP) is 2.90. The van der Waals surface area contributed by atoms with Gasteiger partial charge in [-0.2, -0.15) is 0 Å². The normalized spacial score (nSPS) is 27.0. The second kappa shape index (κ2) is 7.68. The van der Waals surface area contributed by atoms with Crippen LogP contribution in [0.3, 0.4) is 0 Å². The van der Waals surface area contributed by atoms with Crippen LogP contribution < -0.4 is 5.32 Å². The third-order valence-electron chi connectivity index (χ3n) is 8.55. The molecular weight excluding hydrogens is 424 g/mol. The molecular formula is C28H30N4O2. The minimum Gasteiger partial charge on any atom is -0.326 e. The molecule has 2 amide bonds. The number of anilines is 1. The van der Waals surface area contributed by atoms with Crippen molar-refractivity contribution in [2.75, 3.05) is 25.5 Å². The summed E-state index contributed by atoms with van der Waals surface area (Å²) in [7, 11) is 2.10. The van der Waals surface area contributed by atoms with E-state index in [1.807, 2.05) is 23.1 Å². The molecule has 34 heavy (non-hydrogen) atoms. The Kier molecular flexibility index (Phi) is 4.82. The van der Waals surface area contributed by atoms with Crippen molar-refractivity contribution in [3.05, 3.63) is 58.8 Å². The zero-order valence-corrected chi connectivity index (χ0v) is 19.9. The maximum absolute atomic E-state index is 13.4. The number of hydrogen-bond donors (Lipinski definition) is 1. The van der Waals surface area contributed by atoms with Crippen LogP contribution in [0.15, 0.2) is 36.5 Å². The van der Waals surface area contributed by atoms with E-state index in [0.29, 0.717) is 25.2 Å². The number of benzene rings is 1. The Labute approximate surface area is 200 Å². The van der Waals surface area contributed by atoms with Crippen LogP contribution in [0.4, 0.5) is 5.82 Å². The maximum atomic E-state index is 13.4. The van der Waals surface area contributed by atoms with Gasteiger partial charge >= 0.3 is 0 Å². The van der Waals surface area contributed by atoms with Gasteiger partial charge in [0.05, 0.1) is 12.0 Å². The molecule has 6 heteroatoms. The monoisotopic (exact) mass is 454 g/mol. The fourth-order valence-corrected chi connectivity index (χ4v) is 6.66. The number of nitrogens with one attached hydrogen (secondary N) is 1. The third-order valence-corrected chi connectivity index (χ3v) is 8.55. The quantitative estimate of drug-likeness (QED) is 0.673. The van der Waals surface area contributed by atoms with Gasteiger partial charge in [-0.1, -0.05) is 36.8 Å². The molecule has 0 unspecified atom stereocenters. The van der Waals surface area contributed by atoms with Gasteiger partial charge in [0.1, 0.15) is 11.4 Å². The summed E-state index contributed by atoms with van der Waals surface area (Å²) in [6.07, 6.45) is 7.23. The summed E-state index contributed by atoms with van der Waals surface area (Å²) >= 11 is 0. The Balaban J connectivity index is 1.21.